The smallest absolute Gasteiger partial charge is 0.336 e. The van der Waals surface area contributed by atoms with Crippen molar-refractivity contribution in [3.05, 3.63) is 52.6 Å². The zero-order chi connectivity index (χ0) is 18.8. The number of hydrogen-bond acceptors (Lipinski definition) is 6. The number of amides is 1. The second-order valence-electron chi connectivity index (χ2n) is 5.21. The van der Waals surface area contributed by atoms with Gasteiger partial charge in [0.2, 0.25) is 0 Å². The maximum absolute atomic E-state index is 12.2. The molecule has 1 fully saturated rings. The topological polar surface area (TPSA) is 108 Å². The van der Waals surface area contributed by atoms with Gasteiger partial charge < -0.3 is 14.6 Å². The van der Waals surface area contributed by atoms with Crippen LogP contribution in [0.4, 0.5) is 0 Å². The minimum Gasteiger partial charge on any atom is -0.480 e. The molecular formula is C17H11NO6S2. The third-order valence-corrected chi connectivity index (χ3v) is 4.87. The molecule has 7 nitrogen and oxygen atoms in total. The largest absolute Gasteiger partial charge is 0.480 e. The lowest BCUT2D eigenvalue weighted by atomic mass is 10.1. The number of carboxylic acids is 2. The van der Waals surface area contributed by atoms with Crippen LogP contribution in [0.5, 0.6) is 0 Å². The number of benzene rings is 1. The molecule has 0 saturated carbocycles. The average molecular weight is 389 g/mol. The molecule has 132 valence electrons. The molecule has 1 amide bonds. The second-order valence-corrected chi connectivity index (χ2v) is 6.89. The van der Waals surface area contributed by atoms with Crippen LogP contribution in [0, 0.1) is 0 Å². The van der Waals surface area contributed by atoms with Gasteiger partial charge in [0.1, 0.15) is 22.4 Å². The van der Waals surface area contributed by atoms with E-state index in [-0.39, 0.29) is 14.8 Å². The average Bonchev–Trinajstić information content (AvgIpc) is 3.15. The summed E-state index contributed by atoms with van der Waals surface area (Å²) in [6, 6.07) is 9.60. The molecule has 0 unspecified atom stereocenters. The van der Waals surface area contributed by atoms with Crippen molar-refractivity contribution in [2.75, 3.05) is 6.54 Å². The number of nitrogens with zero attached hydrogens (tertiary/aromatic N) is 1. The van der Waals surface area contributed by atoms with Crippen molar-refractivity contribution >= 4 is 52.2 Å². The third kappa shape index (κ3) is 3.53. The van der Waals surface area contributed by atoms with E-state index in [1.54, 1.807) is 30.3 Å². The molecule has 0 radical (unpaired) electrons. The van der Waals surface area contributed by atoms with E-state index in [4.69, 9.17) is 21.7 Å². The highest BCUT2D eigenvalue weighted by atomic mass is 32.2. The van der Waals surface area contributed by atoms with Crippen LogP contribution in [0.25, 0.3) is 17.4 Å². The van der Waals surface area contributed by atoms with E-state index in [1.165, 1.54) is 12.1 Å². The summed E-state index contributed by atoms with van der Waals surface area (Å²) in [4.78, 5) is 35.6. The predicted molar refractivity (Wildman–Crippen MR) is 98.6 cm³/mol. The summed E-state index contributed by atoms with van der Waals surface area (Å²) in [5.41, 5.74) is 0.513. The molecule has 3 rings (SSSR count). The van der Waals surface area contributed by atoms with Crippen LogP contribution in [0.3, 0.4) is 0 Å². The molecule has 1 aromatic carbocycles. The fraction of sp³-hybridized carbons (Fsp3) is 0.0588. The number of aromatic carboxylic acids is 1. The van der Waals surface area contributed by atoms with E-state index >= 15 is 0 Å². The van der Waals surface area contributed by atoms with Gasteiger partial charge in [-0.2, -0.15) is 0 Å². The molecule has 0 aliphatic carbocycles. The minimum absolute atomic E-state index is 0.0983. The van der Waals surface area contributed by atoms with E-state index in [2.05, 4.69) is 0 Å². The van der Waals surface area contributed by atoms with Crippen molar-refractivity contribution in [2.24, 2.45) is 0 Å². The van der Waals surface area contributed by atoms with Crippen molar-refractivity contribution in [3.63, 3.8) is 0 Å². The number of hydrogen-bond donors (Lipinski definition) is 2. The lowest BCUT2D eigenvalue weighted by Gasteiger charge is -2.09. The number of thioether (sulfide) groups is 1. The van der Waals surface area contributed by atoms with Gasteiger partial charge in [-0.1, -0.05) is 42.2 Å². The molecule has 1 aromatic heterocycles. The Labute approximate surface area is 156 Å². The first-order valence-electron chi connectivity index (χ1n) is 7.26. The first-order chi connectivity index (χ1) is 12.4. The van der Waals surface area contributed by atoms with Crippen LogP contribution in [0.15, 0.2) is 45.7 Å². The van der Waals surface area contributed by atoms with E-state index < -0.39 is 24.4 Å². The molecule has 26 heavy (non-hydrogen) atoms. The lowest BCUT2D eigenvalue weighted by Crippen LogP contribution is -2.33. The molecule has 2 N–H and O–H groups in total. The van der Waals surface area contributed by atoms with Gasteiger partial charge in [-0.3, -0.25) is 14.5 Å². The van der Waals surface area contributed by atoms with Crippen LogP contribution in [0.2, 0.25) is 0 Å². The summed E-state index contributed by atoms with van der Waals surface area (Å²) in [6.07, 6.45) is 1.45. The Morgan fingerprint density at radius 3 is 2.62 bits per heavy atom. The van der Waals surface area contributed by atoms with Crippen LogP contribution in [-0.4, -0.2) is 43.8 Å². The van der Waals surface area contributed by atoms with Gasteiger partial charge in [-0.15, -0.1) is 0 Å². The zero-order valence-corrected chi connectivity index (χ0v) is 14.7. The number of furan rings is 1. The number of aliphatic carboxylic acids is 1. The fourth-order valence-electron chi connectivity index (χ4n) is 2.36. The van der Waals surface area contributed by atoms with Crippen molar-refractivity contribution in [1.82, 2.24) is 4.90 Å². The van der Waals surface area contributed by atoms with Gasteiger partial charge in [0.25, 0.3) is 5.91 Å². The normalized spacial score (nSPS) is 15.7. The Balaban J connectivity index is 1.89. The quantitative estimate of drug-likeness (QED) is 0.594. The Morgan fingerprint density at radius 2 is 1.92 bits per heavy atom. The van der Waals surface area contributed by atoms with Gasteiger partial charge in [0.05, 0.1) is 10.5 Å². The van der Waals surface area contributed by atoms with Gasteiger partial charge in [0, 0.05) is 11.6 Å². The summed E-state index contributed by atoms with van der Waals surface area (Å²) in [5, 5.41) is 18.1. The monoisotopic (exact) mass is 389 g/mol. The van der Waals surface area contributed by atoms with Gasteiger partial charge >= 0.3 is 11.9 Å². The molecule has 1 aliphatic heterocycles. The van der Waals surface area contributed by atoms with Crippen LogP contribution in [0.1, 0.15) is 16.1 Å². The van der Waals surface area contributed by atoms with Crippen molar-refractivity contribution in [3.8, 4) is 11.3 Å². The number of carbonyl (C=O) groups is 3. The molecular weight excluding hydrogens is 378 g/mol. The van der Waals surface area contributed by atoms with E-state index in [0.29, 0.717) is 17.1 Å². The van der Waals surface area contributed by atoms with Crippen molar-refractivity contribution < 1.29 is 29.0 Å². The Bertz CT molecular complexity index is 962. The van der Waals surface area contributed by atoms with Crippen LogP contribution >= 0.6 is 24.0 Å². The lowest BCUT2D eigenvalue weighted by molar-refractivity contribution is -0.140. The first kappa shape index (κ1) is 17.9. The predicted octanol–water partition coefficient (Wildman–Crippen LogP) is 2.93. The summed E-state index contributed by atoms with van der Waals surface area (Å²) in [5.74, 6) is -2.07. The molecule has 0 atom stereocenters. The maximum atomic E-state index is 12.2. The highest BCUT2D eigenvalue weighted by Crippen LogP contribution is 2.33. The summed E-state index contributed by atoms with van der Waals surface area (Å²) in [6.45, 7) is -0.503. The van der Waals surface area contributed by atoms with Crippen molar-refractivity contribution in [2.45, 2.75) is 0 Å². The Morgan fingerprint density at radius 1 is 1.19 bits per heavy atom. The van der Waals surface area contributed by atoms with Gasteiger partial charge in [0.15, 0.2) is 0 Å². The fourth-order valence-corrected chi connectivity index (χ4v) is 3.60. The number of carbonyl (C=O) groups excluding carboxylic acids is 1. The highest BCUT2D eigenvalue weighted by Gasteiger charge is 2.33. The Hall–Kier alpha value is -2.91. The number of rotatable bonds is 5. The maximum Gasteiger partial charge on any atom is 0.336 e. The molecule has 1 aliphatic rings. The highest BCUT2D eigenvalue weighted by molar-refractivity contribution is 8.26. The van der Waals surface area contributed by atoms with Gasteiger partial charge in [-0.05, 0) is 18.2 Å². The number of carboxylic acid groups (broad SMARTS) is 2. The molecule has 0 spiro atoms. The third-order valence-electron chi connectivity index (χ3n) is 3.49. The van der Waals surface area contributed by atoms with E-state index in [1.807, 2.05) is 0 Å². The minimum atomic E-state index is -1.16. The summed E-state index contributed by atoms with van der Waals surface area (Å²) < 4.78 is 5.80. The SMILES string of the molecule is O=C(O)CN1C(=O)/C(=C\c2ccc(-c3ccccc3C(=O)O)o2)SC1=S. The summed E-state index contributed by atoms with van der Waals surface area (Å²) >= 11 is 6.01. The molecule has 2 heterocycles. The molecule has 2 aromatic rings. The van der Waals surface area contributed by atoms with Crippen LogP contribution < -0.4 is 0 Å². The van der Waals surface area contributed by atoms with E-state index in [0.717, 1.165) is 16.7 Å². The van der Waals surface area contributed by atoms with E-state index in [9.17, 15) is 19.5 Å². The Kier molecular flexibility index (Phi) is 4.92. The number of thiocarbonyl (C=S) groups is 1. The molecule has 0 bridgehead atoms. The standard InChI is InChI=1S/C17H11NO6S2/c19-14(20)8-18-15(21)13(26-17(18)25)7-9-5-6-12(24-9)10-3-1-2-4-11(10)16(22)23/h1-7H,8H2,(H,19,20)(H,22,23)/b13-7+. The van der Waals surface area contributed by atoms with Gasteiger partial charge in [-0.25, -0.2) is 4.79 Å². The first-order valence-corrected chi connectivity index (χ1v) is 8.49. The molecule has 1 saturated heterocycles. The summed E-state index contributed by atoms with van der Waals surface area (Å²) in [7, 11) is 0. The zero-order valence-electron chi connectivity index (χ0n) is 13.0. The second kappa shape index (κ2) is 7.14. The van der Waals surface area contributed by atoms with Crippen molar-refractivity contribution in [1.29, 1.82) is 0 Å². The van der Waals surface area contributed by atoms with Crippen LogP contribution in [-0.2, 0) is 9.59 Å². The molecule has 9 heteroatoms.